The van der Waals surface area contributed by atoms with E-state index in [1.807, 2.05) is 57.2 Å². The predicted octanol–water partition coefficient (Wildman–Crippen LogP) is 5.11. The van der Waals surface area contributed by atoms with Gasteiger partial charge in [0.15, 0.2) is 0 Å². The second-order valence-electron chi connectivity index (χ2n) is 7.89. The highest BCUT2D eigenvalue weighted by atomic mass is 32.2. The van der Waals surface area contributed by atoms with Crippen molar-refractivity contribution in [2.45, 2.75) is 51.7 Å². The van der Waals surface area contributed by atoms with Gasteiger partial charge in [-0.1, -0.05) is 43.3 Å². The fourth-order valence-electron chi connectivity index (χ4n) is 3.68. The molecule has 0 saturated heterocycles. The van der Waals surface area contributed by atoms with Gasteiger partial charge < -0.3 is 10.6 Å². The van der Waals surface area contributed by atoms with Crippen molar-refractivity contribution < 1.29 is 4.79 Å². The molecule has 32 heavy (non-hydrogen) atoms. The third-order valence-electron chi connectivity index (χ3n) is 5.63. The Morgan fingerprint density at radius 2 is 2.03 bits per heavy atom. The minimum absolute atomic E-state index is 0.180. The monoisotopic (exact) mass is 448 g/mol. The lowest BCUT2D eigenvalue weighted by Gasteiger charge is -2.28. The summed E-state index contributed by atoms with van der Waals surface area (Å²) in [5.41, 5.74) is 5.05. The molecule has 1 aliphatic heterocycles. The van der Waals surface area contributed by atoms with Crippen LogP contribution in [0.25, 0.3) is 0 Å². The lowest BCUT2D eigenvalue weighted by molar-refractivity contribution is -0.113. The summed E-state index contributed by atoms with van der Waals surface area (Å²) in [7, 11) is 0. The number of hydrogen-bond acceptors (Lipinski definition) is 6. The average Bonchev–Trinajstić information content (AvgIpc) is 3.18. The first-order valence-electron chi connectivity index (χ1n) is 10.8. The van der Waals surface area contributed by atoms with Gasteiger partial charge in [0.2, 0.25) is 11.1 Å². The number of fused-ring (bicyclic) bond motifs is 1. The Balaban J connectivity index is 1.72. The molecular weight excluding hydrogens is 420 g/mol. The van der Waals surface area contributed by atoms with Crippen molar-refractivity contribution in [1.29, 1.82) is 0 Å². The molecule has 1 atom stereocenters. The zero-order valence-corrected chi connectivity index (χ0v) is 19.7. The maximum Gasteiger partial charge on any atom is 0.255 e. The number of allylic oxidation sites excluding steroid dienone is 1. The summed E-state index contributed by atoms with van der Waals surface area (Å²) >= 11 is 1.63. The number of nitrogens with zero attached hydrogens (tertiary/aromatic N) is 4. The molecule has 0 aliphatic carbocycles. The number of rotatable bonds is 7. The summed E-state index contributed by atoms with van der Waals surface area (Å²) in [5, 5.41) is 11.8. The number of benzene rings is 1. The van der Waals surface area contributed by atoms with E-state index < -0.39 is 6.04 Å². The quantitative estimate of drug-likeness (QED) is 0.386. The first-order chi connectivity index (χ1) is 15.5. The molecule has 2 aromatic heterocycles. The first kappa shape index (κ1) is 22.1. The highest BCUT2D eigenvalue weighted by molar-refractivity contribution is 7.99. The standard InChI is InChI=1S/C24H28N6OS/c1-5-6-14-32-24-28-23-26-17(4)20(21(30(23)29-24)19-11-7-8-13-25-19)22(31)27-18-12-9-10-15(2)16(18)3/h7-13,21H,5-6,14H2,1-4H3,(H,27,31)(H,26,28,29). The predicted molar refractivity (Wildman–Crippen MR) is 129 cm³/mol. The van der Waals surface area contributed by atoms with Crippen molar-refractivity contribution >= 4 is 29.3 Å². The summed E-state index contributed by atoms with van der Waals surface area (Å²) < 4.78 is 1.78. The minimum Gasteiger partial charge on any atom is -0.328 e. The second kappa shape index (κ2) is 9.56. The zero-order valence-electron chi connectivity index (χ0n) is 18.8. The number of unbranched alkanes of at least 4 members (excludes halogenated alkanes) is 1. The van der Waals surface area contributed by atoms with Crippen LogP contribution in [0.4, 0.5) is 11.6 Å². The molecule has 4 rings (SSSR count). The van der Waals surface area contributed by atoms with Gasteiger partial charge in [-0.05, 0) is 56.5 Å². The highest BCUT2D eigenvalue weighted by Crippen LogP contribution is 2.36. The van der Waals surface area contributed by atoms with E-state index in [0.29, 0.717) is 16.7 Å². The number of carbonyl (C=O) groups is 1. The summed E-state index contributed by atoms with van der Waals surface area (Å²) in [6.07, 6.45) is 3.96. The Morgan fingerprint density at radius 1 is 1.19 bits per heavy atom. The molecule has 1 amide bonds. The molecule has 0 spiro atoms. The maximum absolute atomic E-state index is 13.5. The molecule has 166 valence electrons. The van der Waals surface area contributed by atoms with Crippen LogP contribution in [0.1, 0.15) is 49.6 Å². The van der Waals surface area contributed by atoms with Gasteiger partial charge in [0, 0.05) is 23.3 Å². The van der Waals surface area contributed by atoms with E-state index >= 15 is 0 Å². The number of amides is 1. The van der Waals surface area contributed by atoms with E-state index in [9.17, 15) is 4.79 Å². The van der Waals surface area contributed by atoms with Gasteiger partial charge in [0.25, 0.3) is 5.91 Å². The second-order valence-corrected chi connectivity index (χ2v) is 8.95. The Bertz CT molecular complexity index is 1150. The molecule has 3 heterocycles. The van der Waals surface area contributed by atoms with Crippen LogP contribution in [-0.4, -0.2) is 31.4 Å². The first-order valence-corrected chi connectivity index (χ1v) is 11.8. The van der Waals surface area contributed by atoms with Gasteiger partial charge in [-0.3, -0.25) is 9.78 Å². The Kier molecular flexibility index (Phi) is 6.60. The number of anilines is 2. The number of aromatic nitrogens is 4. The Labute approximate surface area is 192 Å². The topological polar surface area (TPSA) is 84.7 Å². The largest absolute Gasteiger partial charge is 0.328 e. The molecule has 1 aromatic carbocycles. The van der Waals surface area contributed by atoms with Crippen molar-refractivity contribution in [3.05, 3.63) is 70.7 Å². The van der Waals surface area contributed by atoms with Crippen LogP contribution in [0.15, 0.2) is 59.0 Å². The van der Waals surface area contributed by atoms with Crippen LogP contribution in [-0.2, 0) is 4.79 Å². The Morgan fingerprint density at radius 3 is 2.78 bits per heavy atom. The minimum atomic E-state index is -0.467. The van der Waals surface area contributed by atoms with Gasteiger partial charge in [-0.2, -0.15) is 4.98 Å². The van der Waals surface area contributed by atoms with Gasteiger partial charge >= 0.3 is 0 Å². The Hall–Kier alpha value is -3.13. The lowest BCUT2D eigenvalue weighted by Crippen LogP contribution is -2.32. The summed E-state index contributed by atoms with van der Waals surface area (Å²) in [5.74, 6) is 1.40. The molecular formula is C24H28N6OS. The van der Waals surface area contributed by atoms with Crippen LogP contribution in [0, 0.1) is 13.8 Å². The summed E-state index contributed by atoms with van der Waals surface area (Å²) in [6.45, 7) is 8.11. The van der Waals surface area contributed by atoms with E-state index in [-0.39, 0.29) is 5.91 Å². The third-order valence-corrected chi connectivity index (χ3v) is 6.55. The SMILES string of the molecule is CCCCSc1nc2n(n1)C(c1ccccn1)C(C(=O)Nc1cccc(C)c1C)=C(C)N2. The number of aryl methyl sites for hydroxylation is 1. The number of nitrogens with one attached hydrogen (secondary N) is 2. The van der Waals surface area contributed by atoms with E-state index in [0.717, 1.165) is 46.8 Å². The maximum atomic E-state index is 13.5. The number of pyridine rings is 1. The zero-order chi connectivity index (χ0) is 22.7. The molecule has 7 nitrogen and oxygen atoms in total. The molecule has 3 aromatic rings. The van der Waals surface area contributed by atoms with E-state index in [1.54, 1.807) is 22.6 Å². The fourth-order valence-corrected chi connectivity index (χ4v) is 4.59. The molecule has 0 bridgehead atoms. The molecule has 8 heteroatoms. The van der Waals surface area contributed by atoms with E-state index in [4.69, 9.17) is 5.10 Å². The van der Waals surface area contributed by atoms with Gasteiger partial charge in [0.05, 0.1) is 11.3 Å². The van der Waals surface area contributed by atoms with Crippen molar-refractivity contribution in [2.24, 2.45) is 0 Å². The molecule has 2 N–H and O–H groups in total. The van der Waals surface area contributed by atoms with Crippen LogP contribution >= 0.6 is 11.8 Å². The highest BCUT2D eigenvalue weighted by Gasteiger charge is 2.35. The molecule has 0 fully saturated rings. The van der Waals surface area contributed by atoms with E-state index in [2.05, 4.69) is 27.5 Å². The van der Waals surface area contributed by atoms with Crippen LogP contribution < -0.4 is 10.6 Å². The normalized spacial score (nSPS) is 15.3. The number of carbonyl (C=O) groups excluding carboxylic acids is 1. The van der Waals surface area contributed by atoms with Crippen LogP contribution in [0.3, 0.4) is 0 Å². The average molecular weight is 449 g/mol. The van der Waals surface area contributed by atoms with Crippen molar-refractivity contribution in [1.82, 2.24) is 19.7 Å². The summed E-state index contributed by atoms with van der Waals surface area (Å²) in [6, 6.07) is 11.1. The van der Waals surface area contributed by atoms with E-state index in [1.165, 1.54) is 0 Å². The molecule has 0 saturated carbocycles. The molecule has 1 aliphatic rings. The summed E-state index contributed by atoms with van der Waals surface area (Å²) in [4.78, 5) is 22.8. The molecule has 1 unspecified atom stereocenters. The van der Waals surface area contributed by atoms with Gasteiger partial charge in [-0.25, -0.2) is 4.68 Å². The van der Waals surface area contributed by atoms with Crippen molar-refractivity contribution in [2.75, 3.05) is 16.4 Å². The number of hydrogen-bond donors (Lipinski definition) is 2. The van der Waals surface area contributed by atoms with Crippen molar-refractivity contribution in [3.8, 4) is 0 Å². The van der Waals surface area contributed by atoms with Crippen molar-refractivity contribution in [3.63, 3.8) is 0 Å². The van der Waals surface area contributed by atoms with Crippen LogP contribution in [0.2, 0.25) is 0 Å². The fraction of sp³-hybridized carbons (Fsp3) is 0.333. The smallest absolute Gasteiger partial charge is 0.255 e. The molecule has 0 radical (unpaired) electrons. The van der Waals surface area contributed by atoms with Gasteiger partial charge in [-0.15, -0.1) is 5.10 Å². The van der Waals surface area contributed by atoms with Crippen LogP contribution in [0.5, 0.6) is 0 Å². The third kappa shape index (κ3) is 4.41. The van der Waals surface area contributed by atoms with Gasteiger partial charge in [0.1, 0.15) is 6.04 Å². The lowest BCUT2D eigenvalue weighted by atomic mass is 9.98. The number of thioether (sulfide) groups is 1.